The van der Waals surface area contributed by atoms with Crippen LogP contribution in [0.2, 0.25) is 4.34 Å². The van der Waals surface area contributed by atoms with Crippen molar-refractivity contribution in [2.24, 2.45) is 0 Å². The van der Waals surface area contributed by atoms with Crippen LogP contribution < -0.4 is 4.90 Å². The number of anilines is 1. The summed E-state index contributed by atoms with van der Waals surface area (Å²) in [5.41, 5.74) is 1.19. The van der Waals surface area contributed by atoms with Gasteiger partial charge in [-0.25, -0.2) is 15.0 Å². The molecule has 3 heterocycles. The number of ether oxygens (including phenoxy) is 1. The zero-order valence-corrected chi connectivity index (χ0v) is 16.1. The van der Waals surface area contributed by atoms with E-state index in [1.54, 1.807) is 30.3 Å². The number of thiophene rings is 1. The van der Waals surface area contributed by atoms with Crippen molar-refractivity contribution in [1.82, 2.24) is 15.0 Å². The van der Waals surface area contributed by atoms with E-state index in [4.69, 9.17) is 20.8 Å². The first-order valence-electron chi connectivity index (χ1n) is 7.88. The summed E-state index contributed by atoms with van der Waals surface area (Å²) in [7, 11) is 3.71. The van der Waals surface area contributed by atoms with Crippen LogP contribution in [0.3, 0.4) is 0 Å². The predicted octanol–water partition coefficient (Wildman–Crippen LogP) is 3.69. The number of carbonyl (C=O) groups excluding carboxylic acids is 1. The largest absolute Gasteiger partial charge is 0.466 e. The minimum Gasteiger partial charge on any atom is -0.466 e. The average Bonchev–Trinajstić information content (AvgIpc) is 3.21. The molecule has 3 aromatic rings. The summed E-state index contributed by atoms with van der Waals surface area (Å²) in [5, 5.41) is 0. The van der Waals surface area contributed by atoms with Crippen LogP contribution in [0.5, 0.6) is 0 Å². The lowest BCUT2D eigenvalue weighted by Crippen LogP contribution is -2.12. The van der Waals surface area contributed by atoms with Gasteiger partial charge < -0.3 is 14.1 Å². The monoisotopic (exact) mass is 392 g/mol. The molecule has 0 amide bonds. The first-order chi connectivity index (χ1) is 12.5. The number of carbonyl (C=O) groups is 1. The number of nitrogens with zero attached hydrogens (tertiary/aromatic N) is 4. The van der Waals surface area contributed by atoms with Gasteiger partial charge in [-0.1, -0.05) is 11.6 Å². The molecule has 0 aromatic carbocycles. The number of aromatic nitrogens is 3. The van der Waals surface area contributed by atoms with Gasteiger partial charge in [0.15, 0.2) is 0 Å². The molecular formula is C17H17ClN4O3S. The van der Waals surface area contributed by atoms with Crippen LogP contribution in [0, 0.1) is 0 Å². The first kappa shape index (κ1) is 18.3. The van der Waals surface area contributed by atoms with Crippen molar-refractivity contribution in [3.63, 3.8) is 0 Å². The van der Waals surface area contributed by atoms with Crippen molar-refractivity contribution in [2.45, 2.75) is 13.3 Å². The summed E-state index contributed by atoms with van der Waals surface area (Å²) in [5.74, 6) is 0.971. The van der Waals surface area contributed by atoms with E-state index in [1.807, 2.05) is 20.2 Å². The van der Waals surface area contributed by atoms with Gasteiger partial charge in [0.2, 0.25) is 11.8 Å². The lowest BCUT2D eigenvalue weighted by atomic mass is 10.2. The molecular weight excluding hydrogens is 376 g/mol. The highest BCUT2D eigenvalue weighted by molar-refractivity contribution is 7.19. The Kier molecular flexibility index (Phi) is 5.53. The number of halogens is 1. The molecule has 0 bridgehead atoms. The predicted molar refractivity (Wildman–Crippen MR) is 101 cm³/mol. The molecule has 0 saturated carbocycles. The van der Waals surface area contributed by atoms with E-state index >= 15 is 0 Å². The smallest absolute Gasteiger partial charge is 0.313 e. The number of rotatable bonds is 6. The molecule has 7 nitrogen and oxygen atoms in total. The van der Waals surface area contributed by atoms with Gasteiger partial charge in [0.05, 0.1) is 21.4 Å². The van der Waals surface area contributed by atoms with Crippen molar-refractivity contribution >= 4 is 34.9 Å². The molecule has 0 aliphatic heterocycles. The number of hydrogen-bond acceptors (Lipinski definition) is 8. The summed E-state index contributed by atoms with van der Waals surface area (Å²) in [6.45, 7) is 2.06. The Morgan fingerprint density at radius 3 is 2.62 bits per heavy atom. The van der Waals surface area contributed by atoms with Crippen molar-refractivity contribution in [1.29, 1.82) is 0 Å². The van der Waals surface area contributed by atoms with Crippen molar-refractivity contribution in [2.75, 3.05) is 25.6 Å². The van der Waals surface area contributed by atoms with Gasteiger partial charge in [-0.15, -0.1) is 11.3 Å². The number of esters is 1. The SMILES string of the molecule is CCOC(=O)Cc1oc(-c2cnc(N(C)C)nc2)nc1-c1ccc(Cl)s1. The van der Waals surface area contributed by atoms with E-state index in [-0.39, 0.29) is 12.4 Å². The van der Waals surface area contributed by atoms with E-state index in [9.17, 15) is 4.79 Å². The molecule has 0 unspecified atom stereocenters. The molecule has 0 atom stereocenters. The van der Waals surface area contributed by atoms with E-state index in [0.29, 0.717) is 39.8 Å². The fraction of sp³-hybridized carbons (Fsp3) is 0.294. The molecule has 0 N–H and O–H groups in total. The van der Waals surface area contributed by atoms with Gasteiger partial charge in [0.25, 0.3) is 0 Å². The maximum Gasteiger partial charge on any atom is 0.313 e. The molecule has 9 heteroatoms. The van der Waals surface area contributed by atoms with Crippen LogP contribution in [0.4, 0.5) is 5.95 Å². The van der Waals surface area contributed by atoms with Crippen LogP contribution in [-0.4, -0.2) is 41.6 Å². The highest BCUT2D eigenvalue weighted by atomic mass is 35.5. The molecule has 0 radical (unpaired) electrons. The Balaban J connectivity index is 1.98. The molecule has 0 fully saturated rings. The van der Waals surface area contributed by atoms with Crippen LogP contribution >= 0.6 is 22.9 Å². The third kappa shape index (κ3) is 4.03. The first-order valence-corrected chi connectivity index (χ1v) is 9.08. The Hall–Kier alpha value is -2.45. The molecule has 26 heavy (non-hydrogen) atoms. The second-order valence-corrected chi connectivity index (χ2v) is 7.26. The number of hydrogen-bond donors (Lipinski definition) is 0. The van der Waals surface area contributed by atoms with Crippen molar-refractivity contribution in [3.8, 4) is 22.0 Å². The van der Waals surface area contributed by atoms with Gasteiger partial charge in [-0.05, 0) is 19.1 Å². The van der Waals surface area contributed by atoms with Crippen LogP contribution in [0.1, 0.15) is 12.7 Å². The fourth-order valence-corrected chi connectivity index (χ4v) is 3.29. The van der Waals surface area contributed by atoms with Crippen LogP contribution in [0.25, 0.3) is 22.0 Å². The highest BCUT2D eigenvalue weighted by Crippen LogP contribution is 2.35. The molecule has 3 aromatic heterocycles. The Morgan fingerprint density at radius 2 is 2.04 bits per heavy atom. The highest BCUT2D eigenvalue weighted by Gasteiger charge is 2.21. The molecule has 0 aliphatic rings. The van der Waals surface area contributed by atoms with Gasteiger partial charge in [-0.2, -0.15) is 0 Å². The van der Waals surface area contributed by atoms with Gasteiger partial charge in [0.1, 0.15) is 17.9 Å². The van der Waals surface area contributed by atoms with E-state index < -0.39 is 0 Å². The number of oxazole rings is 1. The quantitative estimate of drug-likeness (QED) is 0.591. The Labute approximate surface area is 159 Å². The van der Waals surface area contributed by atoms with Gasteiger partial charge >= 0.3 is 5.97 Å². The summed E-state index contributed by atoms with van der Waals surface area (Å²) in [6, 6.07) is 3.62. The summed E-state index contributed by atoms with van der Waals surface area (Å²) < 4.78 is 11.5. The molecule has 0 aliphatic carbocycles. The second kappa shape index (κ2) is 7.84. The van der Waals surface area contributed by atoms with Crippen LogP contribution in [0.15, 0.2) is 28.9 Å². The van der Waals surface area contributed by atoms with Crippen molar-refractivity contribution < 1.29 is 13.9 Å². The summed E-state index contributed by atoms with van der Waals surface area (Å²) in [6.07, 6.45) is 3.25. The fourth-order valence-electron chi connectivity index (χ4n) is 2.23. The summed E-state index contributed by atoms with van der Waals surface area (Å²) in [4.78, 5) is 27.6. The lowest BCUT2D eigenvalue weighted by Gasteiger charge is -2.08. The topological polar surface area (TPSA) is 81.4 Å². The normalized spacial score (nSPS) is 10.8. The minimum absolute atomic E-state index is 0.0116. The van der Waals surface area contributed by atoms with Crippen LogP contribution in [-0.2, 0) is 16.0 Å². The Morgan fingerprint density at radius 1 is 1.31 bits per heavy atom. The third-order valence-electron chi connectivity index (χ3n) is 3.40. The molecule has 0 saturated heterocycles. The zero-order chi connectivity index (χ0) is 18.7. The molecule has 0 spiro atoms. The van der Waals surface area contributed by atoms with Gasteiger partial charge in [0, 0.05) is 26.5 Å². The zero-order valence-electron chi connectivity index (χ0n) is 14.5. The standard InChI is InChI=1S/C17H17ClN4O3S/c1-4-24-14(23)7-11-15(12-5-6-13(18)26-12)21-16(25-11)10-8-19-17(20-9-10)22(2)3/h5-6,8-9H,4,7H2,1-3H3. The van der Waals surface area contributed by atoms with E-state index in [2.05, 4.69) is 15.0 Å². The maximum absolute atomic E-state index is 11.9. The molecule has 3 rings (SSSR count). The third-order valence-corrected chi connectivity index (χ3v) is 4.64. The lowest BCUT2D eigenvalue weighted by molar-refractivity contribution is -0.142. The molecule has 136 valence electrons. The van der Waals surface area contributed by atoms with Gasteiger partial charge in [-0.3, -0.25) is 4.79 Å². The van der Waals surface area contributed by atoms with E-state index in [1.165, 1.54) is 11.3 Å². The van der Waals surface area contributed by atoms with E-state index in [0.717, 1.165) is 4.88 Å². The summed E-state index contributed by atoms with van der Waals surface area (Å²) >= 11 is 7.40. The second-order valence-electron chi connectivity index (χ2n) is 5.54. The van der Waals surface area contributed by atoms with Crippen molar-refractivity contribution in [3.05, 3.63) is 34.6 Å². The Bertz CT molecular complexity index is 905. The average molecular weight is 393 g/mol. The minimum atomic E-state index is -0.377. The maximum atomic E-state index is 11.9.